The highest BCUT2D eigenvalue weighted by atomic mass is 32.2. The first-order valence-corrected chi connectivity index (χ1v) is 6.77. The summed E-state index contributed by atoms with van der Waals surface area (Å²) in [5, 5.41) is 0.630. The summed E-state index contributed by atoms with van der Waals surface area (Å²) in [5.74, 6) is 0. The van der Waals surface area contributed by atoms with Crippen LogP contribution >= 0.6 is 11.8 Å². The Morgan fingerprint density at radius 2 is 1.95 bits per heavy atom. The van der Waals surface area contributed by atoms with E-state index in [4.69, 9.17) is 0 Å². The Labute approximate surface area is 115 Å². The lowest BCUT2D eigenvalue weighted by atomic mass is 10.2. The van der Waals surface area contributed by atoms with E-state index in [1.165, 1.54) is 5.56 Å². The Kier molecular flexibility index (Phi) is 3.09. The van der Waals surface area contributed by atoms with Crippen LogP contribution in [0.2, 0.25) is 0 Å². The molecule has 0 spiro atoms. The SMILES string of the molecule is Cc1ccc2nc(SC(=O)c3ccccc3)[nH]c2c1. The van der Waals surface area contributed by atoms with Gasteiger partial charge < -0.3 is 4.98 Å². The van der Waals surface area contributed by atoms with E-state index in [9.17, 15) is 4.79 Å². The van der Waals surface area contributed by atoms with Gasteiger partial charge in [-0.15, -0.1) is 0 Å². The number of benzene rings is 2. The second-order valence-electron chi connectivity index (χ2n) is 4.32. The number of aryl methyl sites for hydroxylation is 1. The molecule has 3 rings (SSSR count). The van der Waals surface area contributed by atoms with Gasteiger partial charge in [-0.25, -0.2) is 4.98 Å². The maximum absolute atomic E-state index is 12.1. The van der Waals surface area contributed by atoms with Gasteiger partial charge in [0.1, 0.15) is 0 Å². The number of thioether (sulfide) groups is 1. The van der Waals surface area contributed by atoms with Gasteiger partial charge in [0.25, 0.3) is 0 Å². The van der Waals surface area contributed by atoms with Crippen LogP contribution in [0.3, 0.4) is 0 Å². The molecule has 0 aliphatic heterocycles. The summed E-state index contributed by atoms with van der Waals surface area (Å²) in [7, 11) is 0. The summed E-state index contributed by atoms with van der Waals surface area (Å²) in [6.07, 6.45) is 0. The number of H-pyrrole nitrogens is 1. The second-order valence-corrected chi connectivity index (χ2v) is 5.28. The lowest BCUT2D eigenvalue weighted by Crippen LogP contribution is -1.92. The molecule has 0 fully saturated rings. The molecule has 0 amide bonds. The highest BCUT2D eigenvalue weighted by molar-refractivity contribution is 8.14. The summed E-state index contributed by atoms with van der Waals surface area (Å²) in [6, 6.07) is 15.2. The van der Waals surface area contributed by atoms with E-state index in [1.807, 2.05) is 55.5 Å². The minimum absolute atomic E-state index is 0.00335. The van der Waals surface area contributed by atoms with Crippen molar-refractivity contribution in [2.75, 3.05) is 0 Å². The van der Waals surface area contributed by atoms with E-state index in [1.54, 1.807) is 0 Å². The molecule has 0 unspecified atom stereocenters. The molecule has 0 aliphatic rings. The number of imidazole rings is 1. The molecule has 0 saturated heterocycles. The van der Waals surface area contributed by atoms with Crippen LogP contribution in [0.4, 0.5) is 0 Å². The lowest BCUT2D eigenvalue weighted by Gasteiger charge is -1.96. The van der Waals surface area contributed by atoms with Crippen LogP contribution in [0.1, 0.15) is 15.9 Å². The fraction of sp³-hybridized carbons (Fsp3) is 0.0667. The molecule has 0 saturated carbocycles. The van der Waals surface area contributed by atoms with E-state index in [-0.39, 0.29) is 5.12 Å². The minimum Gasteiger partial charge on any atom is -0.333 e. The van der Waals surface area contributed by atoms with Crippen molar-refractivity contribution < 1.29 is 4.79 Å². The molecule has 0 radical (unpaired) electrons. The van der Waals surface area contributed by atoms with Gasteiger partial charge in [0, 0.05) is 5.56 Å². The Morgan fingerprint density at radius 3 is 2.74 bits per heavy atom. The first kappa shape index (κ1) is 12.0. The first-order chi connectivity index (χ1) is 9.22. The van der Waals surface area contributed by atoms with Crippen molar-refractivity contribution >= 4 is 27.9 Å². The summed E-state index contributed by atoms with van der Waals surface area (Å²) >= 11 is 1.12. The number of carbonyl (C=O) groups excluding carboxylic acids is 1. The Bertz CT molecular complexity index is 734. The van der Waals surface area contributed by atoms with Gasteiger partial charge >= 0.3 is 0 Å². The Morgan fingerprint density at radius 1 is 1.16 bits per heavy atom. The Balaban J connectivity index is 1.87. The zero-order valence-corrected chi connectivity index (χ0v) is 11.2. The van der Waals surface area contributed by atoms with Gasteiger partial charge in [-0.2, -0.15) is 0 Å². The van der Waals surface area contributed by atoms with Crippen LogP contribution in [0.25, 0.3) is 11.0 Å². The molecule has 3 aromatic rings. The van der Waals surface area contributed by atoms with Crippen molar-refractivity contribution in [3.8, 4) is 0 Å². The largest absolute Gasteiger partial charge is 0.333 e. The number of nitrogens with zero attached hydrogens (tertiary/aromatic N) is 1. The fourth-order valence-corrected chi connectivity index (χ4v) is 2.60. The number of nitrogens with one attached hydrogen (secondary N) is 1. The van der Waals surface area contributed by atoms with Gasteiger partial charge in [-0.05, 0) is 36.4 Å². The molecule has 3 nitrogen and oxygen atoms in total. The van der Waals surface area contributed by atoms with Crippen LogP contribution in [0.5, 0.6) is 0 Å². The molecule has 19 heavy (non-hydrogen) atoms. The molecule has 1 aromatic heterocycles. The molecule has 0 atom stereocenters. The number of aromatic nitrogens is 2. The molecule has 94 valence electrons. The van der Waals surface area contributed by atoms with Gasteiger partial charge in [-0.3, -0.25) is 4.79 Å². The van der Waals surface area contributed by atoms with Crippen LogP contribution in [0, 0.1) is 6.92 Å². The third-order valence-electron chi connectivity index (χ3n) is 2.81. The number of hydrogen-bond acceptors (Lipinski definition) is 3. The topological polar surface area (TPSA) is 45.8 Å². The predicted molar refractivity (Wildman–Crippen MR) is 77.5 cm³/mol. The molecule has 0 aliphatic carbocycles. The molecule has 1 heterocycles. The lowest BCUT2D eigenvalue weighted by molar-refractivity contribution is 0.108. The normalized spacial score (nSPS) is 10.8. The summed E-state index contributed by atoms with van der Waals surface area (Å²) in [5.41, 5.74) is 3.70. The zero-order chi connectivity index (χ0) is 13.2. The predicted octanol–water partition coefficient (Wildman–Crippen LogP) is 3.80. The standard InChI is InChI=1S/C15H12N2OS/c1-10-7-8-12-13(9-10)17-15(16-12)19-14(18)11-5-3-2-4-6-11/h2-9H,1H3,(H,16,17). The maximum Gasteiger partial charge on any atom is 0.227 e. The quantitative estimate of drug-likeness (QED) is 0.719. The molecule has 2 aromatic carbocycles. The van der Waals surface area contributed by atoms with Crippen molar-refractivity contribution in [3.05, 3.63) is 59.7 Å². The fourth-order valence-electron chi connectivity index (χ4n) is 1.87. The smallest absolute Gasteiger partial charge is 0.227 e. The molecule has 0 bridgehead atoms. The van der Waals surface area contributed by atoms with Crippen LogP contribution in [0.15, 0.2) is 53.7 Å². The van der Waals surface area contributed by atoms with Crippen molar-refractivity contribution in [1.29, 1.82) is 0 Å². The molecule has 4 heteroatoms. The monoisotopic (exact) mass is 268 g/mol. The highest BCUT2D eigenvalue weighted by Gasteiger charge is 2.11. The summed E-state index contributed by atoms with van der Waals surface area (Å²) in [6.45, 7) is 2.03. The average molecular weight is 268 g/mol. The second kappa shape index (κ2) is 4.90. The average Bonchev–Trinajstić information content (AvgIpc) is 2.81. The van der Waals surface area contributed by atoms with E-state index in [0.717, 1.165) is 22.8 Å². The molecular weight excluding hydrogens is 256 g/mol. The minimum atomic E-state index is -0.00335. The Hall–Kier alpha value is -2.07. The number of carbonyl (C=O) groups is 1. The zero-order valence-electron chi connectivity index (χ0n) is 10.4. The van der Waals surface area contributed by atoms with Crippen molar-refractivity contribution in [2.45, 2.75) is 12.1 Å². The van der Waals surface area contributed by atoms with Crippen molar-refractivity contribution in [3.63, 3.8) is 0 Å². The van der Waals surface area contributed by atoms with Gasteiger partial charge in [0.15, 0.2) is 5.16 Å². The van der Waals surface area contributed by atoms with Gasteiger partial charge in [0.2, 0.25) is 5.12 Å². The maximum atomic E-state index is 12.1. The van der Waals surface area contributed by atoms with Gasteiger partial charge in [0.05, 0.1) is 11.0 Å². The van der Waals surface area contributed by atoms with E-state index in [2.05, 4.69) is 9.97 Å². The van der Waals surface area contributed by atoms with Crippen LogP contribution < -0.4 is 0 Å². The van der Waals surface area contributed by atoms with E-state index >= 15 is 0 Å². The first-order valence-electron chi connectivity index (χ1n) is 5.96. The van der Waals surface area contributed by atoms with Crippen LogP contribution in [-0.2, 0) is 0 Å². The highest BCUT2D eigenvalue weighted by Crippen LogP contribution is 2.23. The van der Waals surface area contributed by atoms with Crippen molar-refractivity contribution in [1.82, 2.24) is 9.97 Å². The van der Waals surface area contributed by atoms with E-state index in [0.29, 0.717) is 10.7 Å². The number of aromatic amines is 1. The third kappa shape index (κ3) is 2.53. The van der Waals surface area contributed by atoms with Crippen LogP contribution in [-0.4, -0.2) is 15.1 Å². The summed E-state index contributed by atoms with van der Waals surface area (Å²) < 4.78 is 0. The third-order valence-corrected chi connectivity index (χ3v) is 3.62. The number of fused-ring (bicyclic) bond motifs is 1. The summed E-state index contributed by atoms with van der Waals surface area (Å²) in [4.78, 5) is 19.6. The van der Waals surface area contributed by atoms with Gasteiger partial charge in [-0.1, -0.05) is 36.4 Å². The van der Waals surface area contributed by atoms with Crippen molar-refractivity contribution in [2.24, 2.45) is 0 Å². The number of hydrogen-bond donors (Lipinski definition) is 1. The number of rotatable bonds is 2. The van der Waals surface area contributed by atoms with E-state index < -0.39 is 0 Å². The molecular formula is C15H12N2OS. The molecule has 1 N–H and O–H groups in total.